The van der Waals surface area contributed by atoms with E-state index < -0.39 is 42.1 Å². The molecular formula is C14H15F2NO5. The van der Waals surface area contributed by atoms with Gasteiger partial charge in [0.2, 0.25) is 0 Å². The van der Waals surface area contributed by atoms with Crippen molar-refractivity contribution in [3.63, 3.8) is 0 Å². The van der Waals surface area contributed by atoms with Gasteiger partial charge in [0.15, 0.2) is 6.10 Å². The van der Waals surface area contributed by atoms with E-state index in [2.05, 4.69) is 0 Å². The van der Waals surface area contributed by atoms with Crippen molar-refractivity contribution >= 4 is 11.9 Å². The zero-order chi connectivity index (χ0) is 16.3. The molecule has 0 radical (unpaired) electrons. The van der Waals surface area contributed by atoms with Crippen molar-refractivity contribution in [1.29, 1.82) is 0 Å². The van der Waals surface area contributed by atoms with Crippen molar-refractivity contribution in [3.8, 4) is 0 Å². The highest BCUT2D eigenvalue weighted by Crippen LogP contribution is 2.34. The molecule has 120 valence electrons. The maximum absolute atomic E-state index is 13.8. The van der Waals surface area contributed by atoms with Gasteiger partial charge < -0.3 is 15.1 Å². The minimum Gasteiger partial charge on any atom is -0.479 e. The SMILES string of the molecule is O=C(C[C@@H](O)C(=O)O)ON1CCC[C@@H]1c1cc(F)ccc1F. The monoisotopic (exact) mass is 315 g/mol. The van der Waals surface area contributed by atoms with Crippen LogP contribution in [-0.2, 0) is 14.4 Å². The lowest BCUT2D eigenvalue weighted by Crippen LogP contribution is -2.31. The molecule has 1 heterocycles. The number of rotatable bonds is 5. The molecule has 0 aromatic heterocycles. The van der Waals surface area contributed by atoms with E-state index in [0.717, 1.165) is 18.2 Å². The summed E-state index contributed by atoms with van der Waals surface area (Å²) >= 11 is 0. The second kappa shape index (κ2) is 6.80. The number of carboxylic acids is 1. The highest BCUT2D eigenvalue weighted by atomic mass is 19.1. The summed E-state index contributed by atoms with van der Waals surface area (Å²) < 4.78 is 27.1. The standard InChI is InChI=1S/C14H15F2NO5/c15-8-3-4-10(16)9(6-8)11-2-1-5-17(11)22-13(19)7-12(18)14(20)21/h3-4,6,11-12,18H,1-2,5,7H2,(H,20,21)/t11-,12-/m1/s1. The van der Waals surface area contributed by atoms with Gasteiger partial charge in [0, 0.05) is 12.1 Å². The number of benzene rings is 1. The van der Waals surface area contributed by atoms with Crippen LogP contribution in [0.5, 0.6) is 0 Å². The molecule has 1 aliphatic heterocycles. The number of hydrogen-bond donors (Lipinski definition) is 2. The summed E-state index contributed by atoms with van der Waals surface area (Å²) in [5.41, 5.74) is 0.0732. The molecule has 1 aromatic carbocycles. The molecule has 0 amide bonds. The number of nitrogens with zero attached hydrogens (tertiary/aromatic N) is 1. The van der Waals surface area contributed by atoms with Crippen LogP contribution in [0.1, 0.15) is 30.9 Å². The van der Waals surface area contributed by atoms with Crippen molar-refractivity contribution in [2.75, 3.05) is 6.54 Å². The molecule has 2 N–H and O–H groups in total. The number of aliphatic carboxylic acids is 1. The Morgan fingerprint density at radius 2 is 2.14 bits per heavy atom. The molecule has 8 heteroatoms. The number of halogens is 2. The Morgan fingerprint density at radius 3 is 2.82 bits per heavy atom. The molecule has 2 rings (SSSR count). The van der Waals surface area contributed by atoms with E-state index in [1.54, 1.807) is 0 Å². The third kappa shape index (κ3) is 3.77. The fourth-order valence-corrected chi connectivity index (χ4v) is 2.34. The largest absolute Gasteiger partial charge is 0.479 e. The van der Waals surface area contributed by atoms with Gasteiger partial charge in [-0.05, 0) is 31.0 Å². The van der Waals surface area contributed by atoms with Crippen LogP contribution < -0.4 is 0 Å². The minimum absolute atomic E-state index is 0.0732. The Kier molecular flexibility index (Phi) is 5.04. The number of carboxylic acid groups (broad SMARTS) is 1. The van der Waals surface area contributed by atoms with E-state index in [-0.39, 0.29) is 5.56 Å². The van der Waals surface area contributed by atoms with Crippen molar-refractivity contribution in [2.45, 2.75) is 31.4 Å². The zero-order valence-electron chi connectivity index (χ0n) is 11.5. The van der Waals surface area contributed by atoms with Gasteiger partial charge in [-0.15, -0.1) is 5.06 Å². The highest BCUT2D eigenvalue weighted by Gasteiger charge is 2.32. The molecule has 0 spiro atoms. The second-order valence-corrected chi connectivity index (χ2v) is 4.99. The van der Waals surface area contributed by atoms with E-state index in [1.165, 1.54) is 5.06 Å². The summed E-state index contributed by atoms with van der Waals surface area (Å²) in [6.07, 6.45) is -1.51. The number of hydrogen-bond acceptors (Lipinski definition) is 5. The molecule has 6 nitrogen and oxygen atoms in total. The van der Waals surface area contributed by atoms with E-state index in [1.807, 2.05) is 0 Å². The summed E-state index contributed by atoms with van der Waals surface area (Å²) in [5, 5.41) is 18.8. The van der Waals surface area contributed by atoms with Crippen LogP contribution in [0.4, 0.5) is 8.78 Å². The van der Waals surface area contributed by atoms with Crippen LogP contribution in [0.2, 0.25) is 0 Å². The Balaban J connectivity index is 2.06. The molecule has 0 bridgehead atoms. The Morgan fingerprint density at radius 1 is 1.41 bits per heavy atom. The molecule has 0 unspecified atom stereocenters. The van der Waals surface area contributed by atoms with Crippen molar-refractivity contribution in [3.05, 3.63) is 35.4 Å². The first kappa shape index (κ1) is 16.3. The van der Waals surface area contributed by atoms with Crippen LogP contribution in [0.15, 0.2) is 18.2 Å². The van der Waals surface area contributed by atoms with Crippen molar-refractivity contribution in [2.24, 2.45) is 0 Å². The Hall–Kier alpha value is -2.06. The number of aliphatic hydroxyl groups excluding tert-OH is 1. The van der Waals surface area contributed by atoms with Crippen LogP contribution >= 0.6 is 0 Å². The van der Waals surface area contributed by atoms with Gasteiger partial charge in [-0.3, -0.25) is 4.79 Å². The van der Waals surface area contributed by atoms with Crippen LogP contribution in [0.3, 0.4) is 0 Å². The predicted octanol–water partition coefficient (Wildman–Crippen LogP) is 1.40. The third-order valence-electron chi connectivity index (χ3n) is 3.38. The van der Waals surface area contributed by atoms with E-state index in [9.17, 15) is 18.4 Å². The fraction of sp³-hybridized carbons (Fsp3) is 0.429. The van der Waals surface area contributed by atoms with Crippen molar-refractivity contribution in [1.82, 2.24) is 5.06 Å². The van der Waals surface area contributed by atoms with E-state index >= 15 is 0 Å². The molecule has 1 aliphatic rings. The first-order valence-corrected chi connectivity index (χ1v) is 6.71. The lowest BCUT2D eigenvalue weighted by Gasteiger charge is -2.24. The summed E-state index contributed by atoms with van der Waals surface area (Å²) in [7, 11) is 0. The molecule has 1 saturated heterocycles. The number of aliphatic hydroxyl groups is 1. The lowest BCUT2D eigenvalue weighted by atomic mass is 10.0. The summed E-state index contributed by atoms with van der Waals surface area (Å²) in [6.45, 7) is 0.315. The fourth-order valence-electron chi connectivity index (χ4n) is 2.34. The number of carbonyl (C=O) groups excluding carboxylic acids is 1. The molecule has 22 heavy (non-hydrogen) atoms. The summed E-state index contributed by atoms with van der Waals surface area (Å²) in [5.74, 6) is -3.69. The lowest BCUT2D eigenvalue weighted by molar-refractivity contribution is -0.198. The minimum atomic E-state index is -1.86. The Bertz CT molecular complexity index is 580. The number of hydroxylamine groups is 2. The van der Waals surface area contributed by atoms with Crippen LogP contribution in [0, 0.1) is 11.6 Å². The molecular weight excluding hydrogens is 300 g/mol. The van der Waals surface area contributed by atoms with Gasteiger partial charge in [0.1, 0.15) is 11.6 Å². The molecule has 1 aromatic rings. The maximum atomic E-state index is 13.8. The first-order valence-electron chi connectivity index (χ1n) is 6.71. The van der Waals surface area contributed by atoms with E-state index in [0.29, 0.717) is 19.4 Å². The molecule has 0 saturated carbocycles. The van der Waals surface area contributed by atoms with Gasteiger partial charge in [0.25, 0.3) is 0 Å². The molecule has 1 fully saturated rings. The third-order valence-corrected chi connectivity index (χ3v) is 3.38. The van der Waals surface area contributed by atoms with E-state index in [4.69, 9.17) is 15.1 Å². The van der Waals surface area contributed by atoms with Gasteiger partial charge in [-0.25, -0.2) is 13.6 Å². The van der Waals surface area contributed by atoms with Crippen LogP contribution in [0.25, 0.3) is 0 Å². The molecule has 0 aliphatic carbocycles. The first-order chi connectivity index (χ1) is 10.4. The zero-order valence-corrected chi connectivity index (χ0v) is 11.5. The topological polar surface area (TPSA) is 87.1 Å². The maximum Gasteiger partial charge on any atom is 0.333 e. The highest BCUT2D eigenvalue weighted by molar-refractivity contribution is 5.80. The van der Waals surface area contributed by atoms with Gasteiger partial charge in [0.05, 0.1) is 12.5 Å². The smallest absolute Gasteiger partial charge is 0.333 e. The van der Waals surface area contributed by atoms with Crippen molar-refractivity contribution < 1.29 is 33.4 Å². The average molecular weight is 315 g/mol. The summed E-state index contributed by atoms with van der Waals surface area (Å²) in [4.78, 5) is 27.0. The second-order valence-electron chi connectivity index (χ2n) is 4.99. The van der Waals surface area contributed by atoms with Gasteiger partial charge >= 0.3 is 11.9 Å². The predicted molar refractivity (Wildman–Crippen MR) is 69.4 cm³/mol. The van der Waals surface area contributed by atoms with Gasteiger partial charge in [-0.2, -0.15) is 0 Å². The molecule has 2 atom stereocenters. The van der Waals surface area contributed by atoms with Crippen LogP contribution in [-0.4, -0.2) is 39.9 Å². The quantitative estimate of drug-likeness (QED) is 0.854. The average Bonchev–Trinajstić information content (AvgIpc) is 2.89. The van der Waals surface area contributed by atoms with Gasteiger partial charge in [-0.1, -0.05) is 0 Å². The Labute approximate surface area is 124 Å². The number of carbonyl (C=O) groups is 2. The summed E-state index contributed by atoms with van der Waals surface area (Å²) in [6, 6.07) is 2.39. The normalized spacial score (nSPS) is 19.9.